The summed E-state index contributed by atoms with van der Waals surface area (Å²) < 4.78 is 0. The van der Waals surface area contributed by atoms with Gasteiger partial charge in [0.2, 0.25) is 0 Å². The Labute approximate surface area is 149 Å². The van der Waals surface area contributed by atoms with Crippen molar-refractivity contribution < 1.29 is 9.90 Å². The summed E-state index contributed by atoms with van der Waals surface area (Å²) >= 11 is 3.07. The highest BCUT2D eigenvalue weighted by Gasteiger charge is 2.24. The van der Waals surface area contributed by atoms with E-state index >= 15 is 0 Å². The highest BCUT2D eigenvalue weighted by Crippen LogP contribution is 2.24. The Morgan fingerprint density at radius 2 is 2.12 bits per heavy atom. The van der Waals surface area contributed by atoms with E-state index in [1.807, 2.05) is 17.2 Å². The van der Waals surface area contributed by atoms with Crippen LogP contribution in [0.15, 0.2) is 5.38 Å². The van der Waals surface area contributed by atoms with Crippen LogP contribution >= 0.6 is 22.7 Å². The summed E-state index contributed by atoms with van der Waals surface area (Å²) in [5.41, 5.74) is 1.55. The van der Waals surface area contributed by atoms with Gasteiger partial charge in [-0.25, -0.2) is 9.97 Å². The number of hydrogen-bond acceptors (Lipinski definition) is 7. The molecule has 1 fully saturated rings. The third kappa shape index (κ3) is 3.60. The molecule has 0 spiro atoms. The molecular formula is C16H22N4O2S2. The number of amides is 1. The van der Waals surface area contributed by atoms with Crippen molar-refractivity contribution >= 4 is 33.7 Å². The monoisotopic (exact) mass is 366 g/mol. The molecule has 2 aromatic rings. The van der Waals surface area contributed by atoms with Crippen LogP contribution < -0.4 is 4.90 Å². The molecule has 1 aliphatic heterocycles. The van der Waals surface area contributed by atoms with E-state index in [4.69, 9.17) is 5.11 Å². The van der Waals surface area contributed by atoms with Crippen LogP contribution in [-0.4, -0.2) is 52.1 Å². The average molecular weight is 367 g/mol. The van der Waals surface area contributed by atoms with Crippen molar-refractivity contribution in [3.63, 3.8) is 0 Å². The number of carbonyl (C=O) groups is 1. The summed E-state index contributed by atoms with van der Waals surface area (Å²) in [6, 6.07) is 0. The van der Waals surface area contributed by atoms with Crippen molar-refractivity contribution in [2.75, 3.05) is 31.1 Å². The van der Waals surface area contributed by atoms with Crippen molar-refractivity contribution in [2.45, 2.75) is 33.3 Å². The largest absolute Gasteiger partial charge is 0.390 e. The number of thiazole rings is 2. The third-order valence-electron chi connectivity index (χ3n) is 4.09. The first-order valence-electron chi connectivity index (χ1n) is 8.18. The number of rotatable bonds is 4. The van der Waals surface area contributed by atoms with Gasteiger partial charge >= 0.3 is 0 Å². The molecule has 0 aromatic carbocycles. The van der Waals surface area contributed by atoms with Crippen LogP contribution in [0.3, 0.4) is 0 Å². The van der Waals surface area contributed by atoms with Crippen molar-refractivity contribution in [1.29, 1.82) is 0 Å². The second-order valence-corrected chi connectivity index (χ2v) is 7.71. The smallest absolute Gasteiger partial charge is 0.265 e. The Hall–Kier alpha value is -1.51. The van der Waals surface area contributed by atoms with Crippen molar-refractivity contribution in [3.05, 3.63) is 26.7 Å². The number of aryl methyl sites for hydroxylation is 2. The van der Waals surface area contributed by atoms with E-state index in [9.17, 15) is 4.79 Å². The molecule has 0 bridgehead atoms. The topological polar surface area (TPSA) is 69.6 Å². The van der Waals surface area contributed by atoms with E-state index in [-0.39, 0.29) is 12.5 Å². The molecular weight excluding hydrogens is 344 g/mol. The summed E-state index contributed by atoms with van der Waals surface area (Å²) in [6.07, 6.45) is 1.78. The number of nitrogens with zero attached hydrogens (tertiary/aromatic N) is 4. The molecule has 130 valence electrons. The molecule has 2 aromatic heterocycles. The Morgan fingerprint density at radius 3 is 2.79 bits per heavy atom. The zero-order chi connectivity index (χ0) is 17.1. The summed E-state index contributed by atoms with van der Waals surface area (Å²) in [4.78, 5) is 26.6. The second kappa shape index (κ2) is 7.58. The maximum atomic E-state index is 12.8. The fourth-order valence-electron chi connectivity index (χ4n) is 2.77. The Bertz CT molecular complexity index is 713. The van der Waals surface area contributed by atoms with Gasteiger partial charge in [-0.2, -0.15) is 0 Å². The highest BCUT2D eigenvalue weighted by molar-refractivity contribution is 7.14. The molecule has 0 unspecified atom stereocenters. The number of aromatic nitrogens is 2. The second-order valence-electron chi connectivity index (χ2n) is 5.79. The van der Waals surface area contributed by atoms with Crippen LogP contribution in [0, 0.1) is 6.92 Å². The van der Waals surface area contributed by atoms with Crippen LogP contribution in [0.2, 0.25) is 0 Å². The average Bonchev–Trinajstić information content (AvgIpc) is 3.14. The molecule has 1 saturated heterocycles. The summed E-state index contributed by atoms with van der Waals surface area (Å²) in [5, 5.41) is 13.0. The zero-order valence-corrected chi connectivity index (χ0v) is 15.6. The van der Waals surface area contributed by atoms with Crippen molar-refractivity contribution in [1.82, 2.24) is 14.9 Å². The molecule has 1 N–H and O–H groups in total. The minimum Gasteiger partial charge on any atom is -0.390 e. The first-order valence-corrected chi connectivity index (χ1v) is 9.87. The van der Waals surface area contributed by atoms with Gasteiger partial charge in [0.25, 0.3) is 5.91 Å². The van der Waals surface area contributed by atoms with Gasteiger partial charge in [-0.1, -0.05) is 6.92 Å². The van der Waals surface area contributed by atoms with E-state index < -0.39 is 0 Å². The van der Waals surface area contributed by atoms with Crippen LogP contribution in [0.1, 0.15) is 39.4 Å². The predicted molar refractivity (Wildman–Crippen MR) is 97.0 cm³/mol. The van der Waals surface area contributed by atoms with E-state index in [2.05, 4.69) is 21.8 Å². The predicted octanol–water partition coefficient (Wildman–Crippen LogP) is 2.32. The fourth-order valence-corrected chi connectivity index (χ4v) is 4.61. The fraction of sp³-hybridized carbons (Fsp3) is 0.562. The summed E-state index contributed by atoms with van der Waals surface area (Å²) in [7, 11) is 0. The number of carbonyl (C=O) groups excluding carboxylic acids is 1. The first-order chi connectivity index (χ1) is 11.6. The van der Waals surface area contributed by atoms with Crippen LogP contribution in [-0.2, 0) is 13.0 Å². The molecule has 8 heteroatoms. The molecule has 0 saturated carbocycles. The lowest BCUT2D eigenvalue weighted by Crippen LogP contribution is -2.35. The molecule has 0 radical (unpaired) electrons. The molecule has 3 heterocycles. The normalized spacial score (nSPS) is 15.6. The van der Waals surface area contributed by atoms with Crippen LogP contribution in [0.4, 0.5) is 5.13 Å². The minimum atomic E-state index is -0.0284. The molecule has 24 heavy (non-hydrogen) atoms. The van der Waals surface area contributed by atoms with E-state index in [1.54, 1.807) is 11.3 Å². The highest BCUT2D eigenvalue weighted by atomic mass is 32.1. The minimum absolute atomic E-state index is 0.0284. The first kappa shape index (κ1) is 17.3. The van der Waals surface area contributed by atoms with Gasteiger partial charge in [-0.15, -0.1) is 22.7 Å². The van der Waals surface area contributed by atoms with E-state index in [1.165, 1.54) is 11.3 Å². The van der Waals surface area contributed by atoms with Gasteiger partial charge in [0.15, 0.2) is 5.13 Å². The van der Waals surface area contributed by atoms with Gasteiger partial charge in [-0.3, -0.25) is 4.79 Å². The van der Waals surface area contributed by atoms with Gasteiger partial charge in [0.1, 0.15) is 4.88 Å². The molecule has 3 rings (SSSR count). The maximum absolute atomic E-state index is 12.8. The van der Waals surface area contributed by atoms with Crippen LogP contribution in [0.25, 0.3) is 0 Å². The van der Waals surface area contributed by atoms with E-state index in [0.717, 1.165) is 53.2 Å². The molecule has 6 nitrogen and oxygen atoms in total. The van der Waals surface area contributed by atoms with Crippen molar-refractivity contribution in [3.8, 4) is 0 Å². The van der Waals surface area contributed by atoms with Gasteiger partial charge in [-0.05, 0) is 19.8 Å². The lowest BCUT2D eigenvalue weighted by molar-refractivity contribution is 0.0771. The maximum Gasteiger partial charge on any atom is 0.265 e. The third-order valence-corrected chi connectivity index (χ3v) is 6.33. The number of hydrogen-bond donors (Lipinski definition) is 1. The molecule has 1 amide bonds. The Balaban J connectivity index is 1.68. The summed E-state index contributed by atoms with van der Waals surface area (Å²) in [5.74, 6) is 0.0988. The van der Waals surface area contributed by atoms with E-state index in [0.29, 0.717) is 12.2 Å². The number of aliphatic hydroxyl groups excluding tert-OH is 1. The Morgan fingerprint density at radius 1 is 1.29 bits per heavy atom. The zero-order valence-electron chi connectivity index (χ0n) is 14.0. The molecule has 0 atom stereocenters. The molecule has 0 aliphatic carbocycles. The van der Waals surface area contributed by atoms with Crippen molar-refractivity contribution in [2.24, 2.45) is 0 Å². The van der Waals surface area contributed by atoms with Gasteiger partial charge < -0.3 is 14.9 Å². The lowest BCUT2D eigenvalue weighted by atomic mass is 10.3. The standard InChI is InChI=1S/C16H22N4O2S2/c1-3-13-17-11(2)14(24-13)15(22)19-5-4-6-20(8-7-19)16-18-12(9-21)10-23-16/h10,21H,3-9H2,1-2H3. The summed E-state index contributed by atoms with van der Waals surface area (Å²) in [6.45, 7) is 7.04. The SMILES string of the molecule is CCc1nc(C)c(C(=O)N2CCCN(c3nc(CO)cs3)CC2)s1. The van der Waals surface area contributed by atoms with Crippen LogP contribution in [0.5, 0.6) is 0 Å². The number of anilines is 1. The quantitative estimate of drug-likeness (QED) is 0.899. The number of aliphatic hydroxyl groups is 1. The lowest BCUT2D eigenvalue weighted by Gasteiger charge is -2.21. The Kier molecular flexibility index (Phi) is 5.47. The van der Waals surface area contributed by atoms with Gasteiger partial charge in [0.05, 0.1) is 23.0 Å². The molecule has 1 aliphatic rings. The van der Waals surface area contributed by atoms with Gasteiger partial charge in [0, 0.05) is 31.6 Å².